The molecule has 0 fully saturated rings. The molecule has 0 unspecified atom stereocenters. The zero-order chi connectivity index (χ0) is 10.7. The average molecular weight is 281 g/mol. The predicted octanol–water partition coefficient (Wildman–Crippen LogP) is 3.44. The topological polar surface area (TPSA) is 36.7 Å². The Balaban J connectivity index is 3.32. The molecule has 1 heterocycles. The Morgan fingerprint density at radius 3 is 2.71 bits per heavy atom. The van der Waals surface area contributed by atoms with Gasteiger partial charge in [0, 0.05) is 5.33 Å². The van der Waals surface area contributed by atoms with E-state index in [1.54, 1.807) is 6.07 Å². The summed E-state index contributed by atoms with van der Waals surface area (Å²) in [5.41, 5.74) is 0.0661. The van der Waals surface area contributed by atoms with Crippen molar-refractivity contribution in [3.63, 3.8) is 0 Å². The Morgan fingerprint density at radius 2 is 2.29 bits per heavy atom. The molecule has 0 amide bonds. The number of nitriles is 1. The van der Waals surface area contributed by atoms with Crippen LogP contribution in [-0.4, -0.2) is 4.98 Å². The highest BCUT2D eigenvalue weighted by Crippen LogP contribution is 2.27. The van der Waals surface area contributed by atoms with Crippen LogP contribution in [-0.2, 0) is 5.33 Å². The highest BCUT2D eigenvalue weighted by Gasteiger charge is 2.16. The molecule has 0 saturated carbocycles. The predicted molar refractivity (Wildman–Crippen MR) is 51.6 cm³/mol. The van der Waals surface area contributed by atoms with Crippen LogP contribution in [0.4, 0.5) is 8.78 Å². The second-order valence-electron chi connectivity index (χ2n) is 2.41. The number of hydrogen-bond donors (Lipinski definition) is 0. The molecule has 0 aliphatic carbocycles. The third-order valence-electron chi connectivity index (χ3n) is 1.56. The smallest absolute Gasteiger partial charge is 0.238 e. The molecule has 1 rings (SSSR count). The Bertz CT molecular complexity index is 390. The first-order chi connectivity index (χ1) is 6.60. The van der Waals surface area contributed by atoms with Crippen molar-refractivity contribution in [1.82, 2.24) is 4.98 Å². The minimum Gasteiger partial charge on any atom is -0.238 e. The van der Waals surface area contributed by atoms with Gasteiger partial charge in [-0.15, -0.1) is 0 Å². The van der Waals surface area contributed by atoms with Crippen molar-refractivity contribution in [2.45, 2.75) is 11.8 Å². The lowest BCUT2D eigenvalue weighted by Gasteiger charge is -2.05. The summed E-state index contributed by atoms with van der Waals surface area (Å²) in [6.45, 7) is 0. The summed E-state index contributed by atoms with van der Waals surface area (Å²) >= 11 is 8.60. The van der Waals surface area contributed by atoms with E-state index in [1.165, 1.54) is 0 Å². The van der Waals surface area contributed by atoms with Crippen molar-refractivity contribution in [2.75, 3.05) is 0 Å². The number of pyridine rings is 1. The lowest BCUT2D eigenvalue weighted by molar-refractivity contribution is 0.151. The number of nitrogens with zero attached hydrogens (tertiary/aromatic N) is 2. The number of rotatable bonds is 2. The fourth-order valence-electron chi connectivity index (χ4n) is 0.893. The van der Waals surface area contributed by atoms with Crippen LogP contribution in [0.2, 0.25) is 5.15 Å². The summed E-state index contributed by atoms with van der Waals surface area (Å²) in [6, 6.07) is 2.85. The van der Waals surface area contributed by atoms with Crippen LogP contribution in [0.1, 0.15) is 23.2 Å². The standard InChI is InChI=1S/C8H4BrClF2N2/c9-2-6-4(3-13)1-5(8(11)12)7(10)14-6/h1,8H,2H2. The minimum absolute atomic E-state index is 0.113. The molecular formula is C8H4BrClF2N2. The van der Waals surface area contributed by atoms with Gasteiger partial charge in [0.15, 0.2) is 0 Å². The fraction of sp³-hybridized carbons (Fsp3) is 0.250. The van der Waals surface area contributed by atoms with E-state index in [0.29, 0.717) is 11.0 Å². The highest BCUT2D eigenvalue weighted by molar-refractivity contribution is 9.08. The molecule has 74 valence electrons. The molecule has 0 aliphatic rings. The molecule has 6 heteroatoms. The van der Waals surface area contributed by atoms with E-state index in [1.807, 2.05) is 0 Å². The van der Waals surface area contributed by atoms with Crippen LogP contribution in [0.3, 0.4) is 0 Å². The third kappa shape index (κ3) is 2.20. The van der Waals surface area contributed by atoms with Gasteiger partial charge in [-0.25, -0.2) is 13.8 Å². The van der Waals surface area contributed by atoms with Crippen molar-refractivity contribution < 1.29 is 8.78 Å². The summed E-state index contributed by atoms with van der Waals surface area (Å²) in [7, 11) is 0. The van der Waals surface area contributed by atoms with E-state index < -0.39 is 12.0 Å². The molecular weight excluding hydrogens is 277 g/mol. The maximum atomic E-state index is 12.3. The lowest BCUT2D eigenvalue weighted by Crippen LogP contribution is -1.97. The van der Waals surface area contributed by atoms with Crippen molar-refractivity contribution in [3.05, 3.63) is 28.0 Å². The molecule has 0 radical (unpaired) electrons. The van der Waals surface area contributed by atoms with Crippen LogP contribution in [0, 0.1) is 11.3 Å². The van der Waals surface area contributed by atoms with Crippen LogP contribution in [0.25, 0.3) is 0 Å². The zero-order valence-electron chi connectivity index (χ0n) is 6.77. The van der Waals surface area contributed by atoms with Crippen molar-refractivity contribution in [2.24, 2.45) is 0 Å². The summed E-state index contributed by atoms with van der Waals surface area (Å²) in [5, 5.41) is 8.70. The van der Waals surface area contributed by atoms with Gasteiger partial charge in [0.05, 0.1) is 16.8 Å². The summed E-state index contributed by atoms with van der Waals surface area (Å²) < 4.78 is 24.7. The quantitative estimate of drug-likeness (QED) is 0.615. The molecule has 0 N–H and O–H groups in total. The van der Waals surface area contributed by atoms with Gasteiger partial charge in [-0.3, -0.25) is 0 Å². The Hall–Kier alpha value is -0.730. The van der Waals surface area contributed by atoms with Gasteiger partial charge in [0.25, 0.3) is 6.43 Å². The summed E-state index contributed by atoms with van der Waals surface area (Å²) in [6.07, 6.45) is -2.72. The minimum atomic E-state index is -2.72. The van der Waals surface area contributed by atoms with Gasteiger partial charge >= 0.3 is 0 Å². The van der Waals surface area contributed by atoms with E-state index in [9.17, 15) is 8.78 Å². The third-order valence-corrected chi connectivity index (χ3v) is 2.40. The number of hydrogen-bond acceptors (Lipinski definition) is 2. The van der Waals surface area contributed by atoms with Crippen LogP contribution in [0.15, 0.2) is 6.07 Å². The van der Waals surface area contributed by atoms with E-state index in [-0.39, 0.29) is 10.7 Å². The lowest BCUT2D eigenvalue weighted by atomic mass is 10.1. The van der Waals surface area contributed by atoms with Crippen molar-refractivity contribution in [1.29, 1.82) is 5.26 Å². The summed E-state index contributed by atoms with van der Waals surface area (Å²) in [4.78, 5) is 3.70. The molecule has 14 heavy (non-hydrogen) atoms. The van der Waals surface area contributed by atoms with Crippen molar-refractivity contribution in [3.8, 4) is 6.07 Å². The van der Waals surface area contributed by atoms with E-state index >= 15 is 0 Å². The van der Waals surface area contributed by atoms with Gasteiger partial charge < -0.3 is 0 Å². The monoisotopic (exact) mass is 280 g/mol. The Kier molecular flexibility index (Phi) is 3.78. The Morgan fingerprint density at radius 1 is 1.64 bits per heavy atom. The molecule has 0 bridgehead atoms. The normalized spacial score (nSPS) is 10.3. The van der Waals surface area contributed by atoms with Crippen LogP contribution < -0.4 is 0 Å². The number of alkyl halides is 3. The second-order valence-corrected chi connectivity index (χ2v) is 3.33. The van der Waals surface area contributed by atoms with Gasteiger partial charge in [-0.1, -0.05) is 27.5 Å². The first-order valence-electron chi connectivity index (χ1n) is 3.53. The van der Waals surface area contributed by atoms with Gasteiger partial charge in [-0.2, -0.15) is 5.26 Å². The van der Waals surface area contributed by atoms with Crippen molar-refractivity contribution >= 4 is 27.5 Å². The maximum Gasteiger partial charge on any atom is 0.266 e. The fourth-order valence-corrected chi connectivity index (χ4v) is 1.56. The summed E-state index contributed by atoms with van der Waals surface area (Å²) in [5.74, 6) is 0. The van der Waals surface area contributed by atoms with E-state index in [0.717, 1.165) is 6.07 Å². The zero-order valence-corrected chi connectivity index (χ0v) is 9.11. The molecule has 0 saturated heterocycles. The molecule has 0 aromatic carbocycles. The molecule has 0 atom stereocenters. The molecule has 1 aromatic rings. The molecule has 2 nitrogen and oxygen atoms in total. The van der Waals surface area contributed by atoms with E-state index in [2.05, 4.69) is 20.9 Å². The SMILES string of the molecule is N#Cc1cc(C(F)F)c(Cl)nc1CBr. The number of aromatic nitrogens is 1. The number of halogens is 4. The second kappa shape index (κ2) is 4.67. The van der Waals surface area contributed by atoms with Crippen LogP contribution >= 0.6 is 27.5 Å². The largest absolute Gasteiger partial charge is 0.266 e. The van der Waals surface area contributed by atoms with E-state index in [4.69, 9.17) is 16.9 Å². The maximum absolute atomic E-state index is 12.3. The Labute approximate surface area is 92.6 Å². The van der Waals surface area contributed by atoms with Gasteiger partial charge in [0.2, 0.25) is 0 Å². The first-order valence-corrected chi connectivity index (χ1v) is 5.03. The average Bonchev–Trinajstić information content (AvgIpc) is 2.16. The molecule has 1 aromatic heterocycles. The van der Waals surface area contributed by atoms with Gasteiger partial charge in [-0.05, 0) is 6.07 Å². The molecule has 0 spiro atoms. The first kappa shape index (κ1) is 11.3. The molecule has 0 aliphatic heterocycles. The van der Waals surface area contributed by atoms with Gasteiger partial charge in [0.1, 0.15) is 11.2 Å². The highest BCUT2D eigenvalue weighted by atomic mass is 79.9. The van der Waals surface area contributed by atoms with Crippen LogP contribution in [0.5, 0.6) is 0 Å².